The largest absolute Gasteiger partial charge is 0.466 e. The lowest BCUT2D eigenvalue weighted by Gasteiger charge is -2.15. The summed E-state index contributed by atoms with van der Waals surface area (Å²) in [6.07, 6.45) is 1.16. The Labute approximate surface area is 86.8 Å². The highest BCUT2D eigenvalue weighted by atomic mass is 31.2. The Kier molecular flexibility index (Phi) is 9.26. The highest BCUT2D eigenvalue weighted by Gasteiger charge is 2.15. The zero-order valence-corrected chi connectivity index (χ0v) is 10.0. The summed E-state index contributed by atoms with van der Waals surface area (Å²) in [5, 5.41) is 0. The number of ether oxygens (including phenoxy) is 1. The molecule has 0 aromatic heterocycles. The monoisotopic (exact) mass is 222 g/mol. The van der Waals surface area contributed by atoms with Crippen LogP contribution < -0.4 is 0 Å². The van der Waals surface area contributed by atoms with Gasteiger partial charge in [-0.25, -0.2) is 0 Å². The van der Waals surface area contributed by atoms with Crippen LogP contribution in [-0.4, -0.2) is 32.0 Å². The van der Waals surface area contributed by atoms with E-state index in [1.807, 2.05) is 13.8 Å². The summed E-state index contributed by atoms with van der Waals surface area (Å²) in [5.74, 6) is -0.247. The molecule has 5 heteroatoms. The molecule has 0 saturated carbocycles. The van der Waals surface area contributed by atoms with Gasteiger partial charge < -0.3 is 13.8 Å². The summed E-state index contributed by atoms with van der Waals surface area (Å²) in [6.45, 7) is 7.29. The number of esters is 1. The molecule has 0 aliphatic heterocycles. The first-order chi connectivity index (χ1) is 6.74. The van der Waals surface area contributed by atoms with Crippen molar-refractivity contribution in [2.75, 3.05) is 26.0 Å². The second-order valence-electron chi connectivity index (χ2n) is 2.55. The fourth-order valence-corrected chi connectivity index (χ4v) is 2.01. The van der Waals surface area contributed by atoms with Gasteiger partial charge in [0.2, 0.25) is 0 Å². The van der Waals surface area contributed by atoms with Crippen LogP contribution in [0.4, 0.5) is 0 Å². The van der Waals surface area contributed by atoms with Gasteiger partial charge in [0.05, 0.1) is 19.8 Å². The Morgan fingerprint density at radius 1 is 1.14 bits per heavy atom. The number of carbonyl (C=O) groups excluding carboxylic acids is 1. The first-order valence-electron chi connectivity index (χ1n) is 4.93. The minimum Gasteiger partial charge on any atom is -0.466 e. The SMILES string of the molecule is CCCOP(CC(=O)OCC)OCC. The van der Waals surface area contributed by atoms with Gasteiger partial charge in [0, 0.05) is 0 Å². The number of hydrogen-bond donors (Lipinski definition) is 0. The number of carbonyl (C=O) groups is 1. The van der Waals surface area contributed by atoms with Crippen LogP contribution in [0, 0.1) is 0 Å². The van der Waals surface area contributed by atoms with Crippen LogP contribution in [0.1, 0.15) is 27.2 Å². The molecule has 0 spiro atoms. The van der Waals surface area contributed by atoms with Crippen molar-refractivity contribution in [2.45, 2.75) is 27.2 Å². The molecule has 1 unspecified atom stereocenters. The van der Waals surface area contributed by atoms with E-state index in [4.69, 9.17) is 13.8 Å². The minimum absolute atomic E-state index is 0.233. The third-order valence-corrected chi connectivity index (χ3v) is 2.81. The summed E-state index contributed by atoms with van der Waals surface area (Å²) in [6, 6.07) is 0. The Morgan fingerprint density at radius 2 is 1.86 bits per heavy atom. The van der Waals surface area contributed by atoms with Crippen LogP contribution >= 0.6 is 8.38 Å². The first kappa shape index (κ1) is 13.8. The summed E-state index contributed by atoms with van der Waals surface area (Å²) < 4.78 is 15.5. The topological polar surface area (TPSA) is 44.8 Å². The molecule has 0 rings (SSSR count). The second kappa shape index (κ2) is 9.38. The molecule has 1 atom stereocenters. The number of rotatable bonds is 8. The molecule has 0 radical (unpaired) electrons. The smallest absolute Gasteiger partial charge is 0.314 e. The van der Waals surface area contributed by atoms with E-state index in [2.05, 4.69) is 0 Å². The molecule has 0 N–H and O–H groups in total. The molecule has 0 amide bonds. The van der Waals surface area contributed by atoms with Crippen LogP contribution in [0.2, 0.25) is 0 Å². The molecular formula is C9H19O4P. The van der Waals surface area contributed by atoms with Gasteiger partial charge in [-0.2, -0.15) is 0 Å². The van der Waals surface area contributed by atoms with Crippen molar-refractivity contribution in [1.29, 1.82) is 0 Å². The van der Waals surface area contributed by atoms with Crippen LogP contribution in [0.3, 0.4) is 0 Å². The Balaban J connectivity index is 3.75. The summed E-state index contributed by atoms with van der Waals surface area (Å²) in [7, 11) is -1.09. The maximum absolute atomic E-state index is 11.1. The second-order valence-corrected chi connectivity index (χ2v) is 4.04. The predicted octanol–water partition coefficient (Wildman–Crippen LogP) is 2.32. The highest BCUT2D eigenvalue weighted by molar-refractivity contribution is 7.48. The molecule has 0 aromatic carbocycles. The molecule has 0 aliphatic rings. The van der Waals surface area contributed by atoms with E-state index >= 15 is 0 Å². The Bertz CT molecular complexity index is 152. The average Bonchev–Trinajstić information content (AvgIpc) is 2.15. The third-order valence-electron chi connectivity index (χ3n) is 1.28. The maximum atomic E-state index is 11.1. The first-order valence-corrected chi connectivity index (χ1v) is 6.29. The van der Waals surface area contributed by atoms with Gasteiger partial charge in [-0.1, -0.05) is 6.92 Å². The molecule has 0 bridgehead atoms. The van der Waals surface area contributed by atoms with E-state index in [9.17, 15) is 4.79 Å². The Hall–Kier alpha value is -0.180. The van der Waals surface area contributed by atoms with Gasteiger partial charge in [0.25, 0.3) is 0 Å². The molecule has 0 fully saturated rings. The van der Waals surface area contributed by atoms with E-state index in [1.165, 1.54) is 0 Å². The molecule has 4 nitrogen and oxygen atoms in total. The van der Waals surface area contributed by atoms with Crippen molar-refractivity contribution in [1.82, 2.24) is 0 Å². The van der Waals surface area contributed by atoms with Crippen molar-refractivity contribution < 1.29 is 18.6 Å². The van der Waals surface area contributed by atoms with Gasteiger partial charge in [0.1, 0.15) is 6.16 Å². The van der Waals surface area contributed by atoms with E-state index < -0.39 is 8.38 Å². The predicted molar refractivity (Wildman–Crippen MR) is 56.3 cm³/mol. The van der Waals surface area contributed by atoms with Crippen molar-refractivity contribution >= 4 is 14.3 Å². The fourth-order valence-electron chi connectivity index (χ4n) is 0.778. The van der Waals surface area contributed by atoms with Gasteiger partial charge >= 0.3 is 5.97 Å². The van der Waals surface area contributed by atoms with Crippen LogP contribution in [0.15, 0.2) is 0 Å². The Morgan fingerprint density at radius 3 is 2.36 bits per heavy atom. The zero-order chi connectivity index (χ0) is 10.8. The van der Waals surface area contributed by atoms with Gasteiger partial charge in [-0.3, -0.25) is 4.79 Å². The van der Waals surface area contributed by atoms with Gasteiger partial charge in [0.15, 0.2) is 8.38 Å². The van der Waals surface area contributed by atoms with Crippen LogP contribution in [-0.2, 0) is 18.6 Å². The van der Waals surface area contributed by atoms with Crippen molar-refractivity contribution in [3.8, 4) is 0 Å². The zero-order valence-electron chi connectivity index (χ0n) is 9.12. The van der Waals surface area contributed by atoms with E-state index in [-0.39, 0.29) is 12.1 Å². The molecule has 84 valence electrons. The third kappa shape index (κ3) is 7.25. The maximum Gasteiger partial charge on any atom is 0.314 e. The summed E-state index contributed by atoms with van der Waals surface area (Å²) in [4.78, 5) is 11.1. The van der Waals surface area contributed by atoms with Crippen LogP contribution in [0.5, 0.6) is 0 Å². The fraction of sp³-hybridized carbons (Fsp3) is 0.889. The molecule has 0 aromatic rings. The average molecular weight is 222 g/mol. The minimum atomic E-state index is -1.09. The summed E-state index contributed by atoms with van der Waals surface area (Å²) in [5.41, 5.74) is 0. The summed E-state index contributed by atoms with van der Waals surface area (Å²) >= 11 is 0. The molecule has 0 heterocycles. The van der Waals surface area contributed by atoms with Crippen molar-refractivity contribution in [3.05, 3.63) is 0 Å². The molecular weight excluding hydrogens is 203 g/mol. The quantitative estimate of drug-likeness (QED) is 0.467. The highest BCUT2D eigenvalue weighted by Crippen LogP contribution is 2.37. The lowest BCUT2D eigenvalue weighted by molar-refractivity contribution is -0.140. The van der Waals surface area contributed by atoms with E-state index in [0.29, 0.717) is 19.8 Å². The van der Waals surface area contributed by atoms with E-state index in [1.54, 1.807) is 6.92 Å². The van der Waals surface area contributed by atoms with Crippen molar-refractivity contribution in [3.63, 3.8) is 0 Å². The lowest BCUT2D eigenvalue weighted by Crippen LogP contribution is -2.10. The van der Waals surface area contributed by atoms with Crippen LogP contribution in [0.25, 0.3) is 0 Å². The lowest BCUT2D eigenvalue weighted by atomic mass is 10.5. The van der Waals surface area contributed by atoms with Crippen molar-refractivity contribution in [2.24, 2.45) is 0 Å². The van der Waals surface area contributed by atoms with Gasteiger partial charge in [-0.05, 0) is 20.3 Å². The van der Waals surface area contributed by atoms with Gasteiger partial charge in [-0.15, -0.1) is 0 Å². The van der Waals surface area contributed by atoms with E-state index in [0.717, 1.165) is 6.42 Å². The molecule has 14 heavy (non-hydrogen) atoms. The normalized spacial score (nSPS) is 12.5. The molecule has 0 saturated heterocycles. The standard InChI is InChI=1S/C9H19O4P/c1-4-7-13-14(12-6-3)8-9(10)11-5-2/h4-8H2,1-3H3. The number of hydrogen-bond acceptors (Lipinski definition) is 4. The molecule has 0 aliphatic carbocycles.